The molecule has 58 valence electrons. The van der Waals surface area contributed by atoms with Crippen LogP contribution in [-0.2, 0) is 0 Å². The van der Waals surface area contributed by atoms with E-state index in [1.807, 2.05) is 6.92 Å². The Morgan fingerprint density at radius 1 is 1.64 bits per heavy atom. The van der Waals surface area contributed by atoms with Crippen molar-refractivity contribution in [2.24, 2.45) is 0 Å². The Labute approximate surface area is 62.3 Å². The second kappa shape index (κ2) is 2.22. The van der Waals surface area contributed by atoms with E-state index in [9.17, 15) is 0 Å². The van der Waals surface area contributed by atoms with Gasteiger partial charge in [-0.1, -0.05) is 10.1 Å². The highest BCUT2D eigenvalue weighted by molar-refractivity contribution is 5.30. The number of hydrogen-bond acceptors (Lipinski definition) is 4. The van der Waals surface area contributed by atoms with Crippen molar-refractivity contribution in [1.29, 1.82) is 0 Å². The van der Waals surface area contributed by atoms with Gasteiger partial charge in [0, 0.05) is 0 Å². The summed E-state index contributed by atoms with van der Waals surface area (Å²) in [5.74, 6) is 0. The lowest BCUT2D eigenvalue weighted by Crippen LogP contribution is -2.11. The van der Waals surface area contributed by atoms with Crippen LogP contribution in [0.1, 0.15) is 6.92 Å². The second-order valence-corrected chi connectivity index (χ2v) is 1.96. The first-order chi connectivity index (χ1) is 5.42. The highest BCUT2D eigenvalue weighted by Crippen LogP contribution is 1.94. The third-order valence-electron chi connectivity index (χ3n) is 1.27. The highest BCUT2D eigenvalue weighted by atomic mass is 16.7. The molecule has 0 saturated heterocycles. The molecule has 2 rings (SSSR count). The molecule has 6 nitrogen and oxygen atoms in total. The van der Waals surface area contributed by atoms with Crippen LogP contribution >= 0.6 is 0 Å². The molecule has 0 fully saturated rings. The van der Waals surface area contributed by atoms with E-state index in [1.54, 1.807) is 6.20 Å². The summed E-state index contributed by atoms with van der Waals surface area (Å²) >= 11 is 0. The van der Waals surface area contributed by atoms with E-state index in [-0.39, 0.29) is 0 Å². The average molecular weight is 153 g/mol. The van der Waals surface area contributed by atoms with Gasteiger partial charge in [0.1, 0.15) is 12.9 Å². The molecule has 0 saturated carbocycles. The van der Waals surface area contributed by atoms with Crippen LogP contribution in [0.4, 0.5) is 0 Å². The van der Waals surface area contributed by atoms with Crippen molar-refractivity contribution in [3.63, 3.8) is 0 Å². The van der Waals surface area contributed by atoms with Crippen LogP contribution in [0.15, 0.2) is 12.5 Å². The Balaban J connectivity index is 2.51. The molecule has 0 unspecified atom stereocenters. The number of hydrogen-bond donors (Lipinski definition) is 0. The van der Waals surface area contributed by atoms with E-state index in [4.69, 9.17) is 4.84 Å². The molecule has 0 spiro atoms. The Kier molecular flexibility index (Phi) is 1.24. The number of rotatable bonds is 2. The highest BCUT2D eigenvalue weighted by Gasteiger charge is 2.01. The lowest BCUT2D eigenvalue weighted by Gasteiger charge is -1.98. The van der Waals surface area contributed by atoms with Crippen molar-refractivity contribution in [3.05, 3.63) is 12.5 Å². The van der Waals surface area contributed by atoms with Crippen molar-refractivity contribution < 1.29 is 4.84 Å². The zero-order valence-electron chi connectivity index (χ0n) is 6.01. The fraction of sp³-hybridized carbons (Fsp3) is 0.400. The van der Waals surface area contributed by atoms with Crippen molar-refractivity contribution in [1.82, 2.24) is 24.8 Å². The normalized spacial score (nSPS) is 10.6. The fourth-order valence-corrected chi connectivity index (χ4v) is 0.834. The minimum atomic E-state index is 0.572. The smallest absolute Gasteiger partial charge is 0.214 e. The van der Waals surface area contributed by atoms with E-state index in [0.717, 1.165) is 5.65 Å². The molecular formula is C5H7N5O. The van der Waals surface area contributed by atoms with Gasteiger partial charge >= 0.3 is 0 Å². The monoisotopic (exact) mass is 153 g/mol. The number of fused-ring (bicyclic) bond motifs is 1. The standard InChI is InChI=1S/C5H7N5O/c1-2-11-10-5-3-6-8-9(5)4-7-10/h3-4H,2H2,1H3. The van der Waals surface area contributed by atoms with Crippen molar-refractivity contribution >= 4 is 5.65 Å². The van der Waals surface area contributed by atoms with Crippen LogP contribution in [-0.4, -0.2) is 31.4 Å². The summed E-state index contributed by atoms with van der Waals surface area (Å²) in [6.45, 7) is 2.46. The molecule has 2 aromatic rings. The van der Waals surface area contributed by atoms with E-state index >= 15 is 0 Å². The molecule has 0 radical (unpaired) electrons. The Hall–Kier alpha value is -1.59. The molecule has 6 heteroatoms. The third kappa shape index (κ3) is 0.830. The van der Waals surface area contributed by atoms with E-state index in [2.05, 4.69) is 15.4 Å². The first-order valence-electron chi connectivity index (χ1n) is 3.29. The summed E-state index contributed by atoms with van der Waals surface area (Å²) in [7, 11) is 0. The molecule has 0 bridgehead atoms. The average Bonchev–Trinajstić information content (AvgIpc) is 2.53. The SMILES string of the molecule is CCOn1ncn2nncc12. The van der Waals surface area contributed by atoms with Crippen LogP contribution in [0.5, 0.6) is 0 Å². The maximum absolute atomic E-state index is 5.12. The molecular weight excluding hydrogens is 146 g/mol. The molecule has 0 amide bonds. The van der Waals surface area contributed by atoms with Gasteiger partial charge in [-0.25, -0.2) is 0 Å². The minimum absolute atomic E-state index is 0.572. The topological polar surface area (TPSA) is 57.2 Å². The summed E-state index contributed by atoms with van der Waals surface area (Å²) in [6.07, 6.45) is 3.13. The van der Waals surface area contributed by atoms with E-state index in [0.29, 0.717) is 6.61 Å². The summed E-state index contributed by atoms with van der Waals surface area (Å²) in [5, 5.41) is 11.3. The van der Waals surface area contributed by atoms with Crippen molar-refractivity contribution in [3.8, 4) is 0 Å². The van der Waals surface area contributed by atoms with Gasteiger partial charge in [-0.05, 0) is 6.92 Å². The molecule has 0 atom stereocenters. The summed E-state index contributed by atoms with van der Waals surface area (Å²) in [6, 6.07) is 0. The molecule has 0 aromatic carbocycles. The van der Waals surface area contributed by atoms with Gasteiger partial charge < -0.3 is 4.84 Å². The van der Waals surface area contributed by atoms with Gasteiger partial charge in [0.25, 0.3) is 0 Å². The fourth-order valence-electron chi connectivity index (χ4n) is 0.834. The van der Waals surface area contributed by atoms with Gasteiger partial charge in [-0.15, -0.1) is 10.2 Å². The molecule has 0 aliphatic heterocycles. The summed E-state index contributed by atoms with van der Waals surface area (Å²) < 4.78 is 1.54. The number of aromatic nitrogens is 5. The van der Waals surface area contributed by atoms with Gasteiger partial charge in [-0.3, -0.25) is 0 Å². The second-order valence-electron chi connectivity index (χ2n) is 1.96. The van der Waals surface area contributed by atoms with Gasteiger partial charge in [-0.2, -0.15) is 4.52 Å². The van der Waals surface area contributed by atoms with Crippen LogP contribution in [0.2, 0.25) is 0 Å². The Morgan fingerprint density at radius 3 is 3.36 bits per heavy atom. The lowest BCUT2D eigenvalue weighted by atomic mass is 10.8. The van der Waals surface area contributed by atoms with Crippen LogP contribution in [0.25, 0.3) is 5.65 Å². The maximum Gasteiger partial charge on any atom is 0.214 e. The zero-order valence-corrected chi connectivity index (χ0v) is 6.01. The Bertz CT molecular complexity index is 350. The number of nitrogens with zero attached hydrogens (tertiary/aromatic N) is 5. The Morgan fingerprint density at radius 2 is 2.55 bits per heavy atom. The predicted octanol–water partition coefficient (Wildman–Crippen LogP) is -0.626. The maximum atomic E-state index is 5.12. The molecule has 0 aliphatic carbocycles. The third-order valence-corrected chi connectivity index (χ3v) is 1.27. The van der Waals surface area contributed by atoms with Crippen molar-refractivity contribution in [2.45, 2.75) is 6.92 Å². The van der Waals surface area contributed by atoms with Gasteiger partial charge in [0.2, 0.25) is 5.65 Å². The molecule has 11 heavy (non-hydrogen) atoms. The lowest BCUT2D eigenvalue weighted by molar-refractivity contribution is 0.102. The summed E-state index contributed by atoms with van der Waals surface area (Å²) in [4.78, 5) is 6.51. The van der Waals surface area contributed by atoms with Gasteiger partial charge in [0.05, 0.1) is 6.20 Å². The van der Waals surface area contributed by atoms with Gasteiger partial charge in [0.15, 0.2) is 0 Å². The molecule has 0 N–H and O–H groups in total. The van der Waals surface area contributed by atoms with E-state index < -0.39 is 0 Å². The van der Waals surface area contributed by atoms with E-state index in [1.165, 1.54) is 15.7 Å². The minimum Gasteiger partial charge on any atom is -0.395 e. The van der Waals surface area contributed by atoms with Crippen molar-refractivity contribution in [2.75, 3.05) is 6.61 Å². The molecule has 2 heterocycles. The van der Waals surface area contributed by atoms with Crippen LogP contribution < -0.4 is 4.84 Å². The molecule has 0 aliphatic rings. The largest absolute Gasteiger partial charge is 0.395 e. The molecule has 2 aromatic heterocycles. The van der Waals surface area contributed by atoms with Crippen LogP contribution in [0.3, 0.4) is 0 Å². The summed E-state index contributed by atoms with van der Waals surface area (Å²) in [5.41, 5.74) is 0.729. The first kappa shape index (κ1) is 6.14. The zero-order chi connectivity index (χ0) is 7.68. The first-order valence-corrected chi connectivity index (χ1v) is 3.29. The predicted molar refractivity (Wildman–Crippen MR) is 35.9 cm³/mol. The van der Waals surface area contributed by atoms with Crippen LogP contribution in [0, 0.1) is 0 Å². The quantitative estimate of drug-likeness (QED) is 0.576.